The molecule has 1 aromatic carbocycles. The van der Waals surface area contributed by atoms with Crippen molar-refractivity contribution < 1.29 is 13.9 Å². The molecule has 1 aromatic heterocycles. The minimum absolute atomic E-state index is 0.0508. The third-order valence-electron chi connectivity index (χ3n) is 3.12. The summed E-state index contributed by atoms with van der Waals surface area (Å²) in [6, 6.07) is 7.48. The monoisotopic (exact) mass is 274 g/mol. The highest BCUT2D eigenvalue weighted by Gasteiger charge is 2.11. The number of rotatable bonds is 4. The summed E-state index contributed by atoms with van der Waals surface area (Å²) in [5.74, 6) is -0.541. The zero-order chi connectivity index (χ0) is 14.7. The number of hydrogen-bond donors (Lipinski definition) is 0. The Labute approximate surface area is 117 Å². The summed E-state index contributed by atoms with van der Waals surface area (Å²) in [6.45, 7) is 5.48. The third kappa shape index (κ3) is 3.07. The number of aryl methyl sites for hydroxylation is 1. The van der Waals surface area contributed by atoms with Gasteiger partial charge in [0.15, 0.2) is 0 Å². The van der Waals surface area contributed by atoms with E-state index in [1.54, 1.807) is 19.9 Å². The van der Waals surface area contributed by atoms with E-state index in [2.05, 4.69) is 0 Å². The van der Waals surface area contributed by atoms with Gasteiger partial charge in [0, 0.05) is 5.39 Å². The number of benzene rings is 1. The minimum atomic E-state index is -0.456. The zero-order valence-electron chi connectivity index (χ0n) is 11.9. The zero-order valence-corrected chi connectivity index (χ0v) is 11.9. The maximum Gasteiger partial charge on any atom is 0.342 e. The second-order valence-corrected chi connectivity index (χ2v) is 5.05. The average Bonchev–Trinajstić information content (AvgIpc) is 2.43. The minimum Gasteiger partial charge on any atom is -0.460 e. The molecule has 0 fully saturated rings. The molecule has 1 heterocycles. The van der Waals surface area contributed by atoms with Gasteiger partial charge >= 0.3 is 11.6 Å². The molecule has 0 aliphatic heterocycles. The molecule has 4 nitrogen and oxygen atoms in total. The summed E-state index contributed by atoms with van der Waals surface area (Å²) in [5, 5.41) is 0.831. The molecule has 2 rings (SSSR count). The second kappa shape index (κ2) is 5.90. The van der Waals surface area contributed by atoms with Crippen molar-refractivity contribution in [1.82, 2.24) is 0 Å². The maximum atomic E-state index is 11.9. The number of esters is 1. The molecular weight excluding hydrogens is 256 g/mol. The highest BCUT2D eigenvalue weighted by atomic mass is 16.5. The lowest BCUT2D eigenvalue weighted by Crippen LogP contribution is -2.15. The van der Waals surface area contributed by atoms with Gasteiger partial charge in [0.2, 0.25) is 0 Å². The Kier molecular flexibility index (Phi) is 4.23. The smallest absolute Gasteiger partial charge is 0.342 e. The summed E-state index contributed by atoms with van der Waals surface area (Å²) in [7, 11) is 0. The van der Waals surface area contributed by atoms with E-state index in [0.29, 0.717) is 11.1 Å². The van der Waals surface area contributed by atoms with E-state index in [9.17, 15) is 9.59 Å². The molecule has 20 heavy (non-hydrogen) atoms. The van der Waals surface area contributed by atoms with Crippen molar-refractivity contribution in [1.29, 1.82) is 0 Å². The van der Waals surface area contributed by atoms with E-state index >= 15 is 0 Å². The van der Waals surface area contributed by atoms with Crippen LogP contribution in [0.25, 0.3) is 11.0 Å². The molecule has 0 unspecified atom stereocenters. The molecular formula is C16H18O4. The van der Waals surface area contributed by atoms with E-state index in [0.717, 1.165) is 17.4 Å². The molecule has 0 aliphatic rings. The van der Waals surface area contributed by atoms with Gasteiger partial charge in [-0.3, -0.25) is 4.79 Å². The lowest BCUT2D eigenvalue weighted by atomic mass is 10.1. The van der Waals surface area contributed by atoms with Gasteiger partial charge in [-0.25, -0.2) is 4.79 Å². The van der Waals surface area contributed by atoms with Gasteiger partial charge < -0.3 is 9.15 Å². The maximum absolute atomic E-state index is 11.9. The van der Waals surface area contributed by atoms with Crippen LogP contribution in [-0.4, -0.2) is 5.97 Å². The Bertz CT molecular complexity index is 682. The van der Waals surface area contributed by atoms with Crippen molar-refractivity contribution in [2.45, 2.75) is 33.8 Å². The fourth-order valence-corrected chi connectivity index (χ4v) is 1.83. The van der Waals surface area contributed by atoms with Gasteiger partial charge in [-0.05, 0) is 24.1 Å². The molecule has 0 atom stereocenters. The molecule has 2 aromatic rings. The molecule has 0 radical (unpaired) electrons. The van der Waals surface area contributed by atoms with Crippen LogP contribution < -0.4 is 5.63 Å². The summed E-state index contributed by atoms with van der Waals surface area (Å²) >= 11 is 0. The van der Waals surface area contributed by atoms with Gasteiger partial charge in [0.25, 0.3) is 0 Å². The highest BCUT2D eigenvalue weighted by molar-refractivity contribution is 5.77. The van der Waals surface area contributed by atoms with Crippen LogP contribution in [0.2, 0.25) is 0 Å². The van der Waals surface area contributed by atoms with E-state index in [-0.39, 0.29) is 18.5 Å². The van der Waals surface area contributed by atoms with Crippen LogP contribution in [-0.2, 0) is 22.6 Å². The van der Waals surface area contributed by atoms with Crippen LogP contribution >= 0.6 is 0 Å². The number of fused-ring (bicyclic) bond motifs is 1. The standard InChI is InChI=1S/C16H18O4/c1-4-11-5-6-12-8-13(9-19-15(17)10(2)3)16(18)20-14(12)7-11/h5-8,10H,4,9H2,1-3H3. The van der Waals surface area contributed by atoms with Crippen molar-refractivity contribution in [3.8, 4) is 0 Å². The van der Waals surface area contributed by atoms with E-state index in [4.69, 9.17) is 9.15 Å². The molecule has 0 saturated carbocycles. The van der Waals surface area contributed by atoms with Crippen LogP contribution in [0, 0.1) is 5.92 Å². The molecule has 0 amide bonds. The summed E-state index contributed by atoms with van der Waals surface area (Å²) in [4.78, 5) is 23.3. The summed E-state index contributed by atoms with van der Waals surface area (Å²) < 4.78 is 10.3. The van der Waals surface area contributed by atoms with Gasteiger partial charge in [-0.2, -0.15) is 0 Å². The van der Waals surface area contributed by atoms with Crippen LogP contribution in [0.4, 0.5) is 0 Å². The van der Waals surface area contributed by atoms with Crippen molar-refractivity contribution in [2.75, 3.05) is 0 Å². The lowest BCUT2D eigenvalue weighted by molar-refractivity contribution is -0.148. The Hall–Kier alpha value is -2.10. The summed E-state index contributed by atoms with van der Waals surface area (Å²) in [6.07, 6.45) is 0.882. The van der Waals surface area contributed by atoms with Gasteiger partial charge in [0.05, 0.1) is 11.5 Å². The van der Waals surface area contributed by atoms with Crippen LogP contribution in [0.15, 0.2) is 33.5 Å². The number of hydrogen-bond acceptors (Lipinski definition) is 4. The second-order valence-electron chi connectivity index (χ2n) is 5.05. The Morgan fingerprint density at radius 1 is 1.30 bits per heavy atom. The van der Waals surface area contributed by atoms with Crippen molar-refractivity contribution in [2.24, 2.45) is 5.92 Å². The van der Waals surface area contributed by atoms with E-state index in [1.165, 1.54) is 0 Å². The fourth-order valence-electron chi connectivity index (χ4n) is 1.83. The van der Waals surface area contributed by atoms with Crippen molar-refractivity contribution in [3.05, 3.63) is 45.8 Å². The molecule has 0 aliphatic carbocycles. The number of ether oxygens (including phenoxy) is 1. The van der Waals surface area contributed by atoms with Gasteiger partial charge in [0.1, 0.15) is 12.2 Å². The first-order valence-corrected chi connectivity index (χ1v) is 6.73. The number of carbonyl (C=O) groups is 1. The molecule has 106 valence electrons. The normalized spacial score (nSPS) is 11.0. The Balaban J connectivity index is 2.29. The molecule has 0 N–H and O–H groups in total. The van der Waals surface area contributed by atoms with E-state index < -0.39 is 5.63 Å². The lowest BCUT2D eigenvalue weighted by Gasteiger charge is -2.07. The van der Waals surface area contributed by atoms with Crippen LogP contribution in [0.3, 0.4) is 0 Å². The van der Waals surface area contributed by atoms with Crippen LogP contribution in [0.1, 0.15) is 31.9 Å². The highest BCUT2D eigenvalue weighted by Crippen LogP contribution is 2.16. The van der Waals surface area contributed by atoms with Crippen LogP contribution in [0.5, 0.6) is 0 Å². The first-order valence-electron chi connectivity index (χ1n) is 6.73. The topological polar surface area (TPSA) is 56.5 Å². The predicted octanol–water partition coefficient (Wildman–Crippen LogP) is 3.05. The molecule has 0 bridgehead atoms. The largest absolute Gasteiger partial charge is 0.460 e. The Morgan fingerprint density at radius 3 is 2.70 bits per heavy atom. The summed E-state index contributed by atoms with van der Waals surface area (Å²) in [5.41, 5.74) is 1.57. The quantitative estimate of drug-likeness (QED) is 0.635. The first kappa shape index (κ1) is 14.3. The third-order valence-corrected chi connectivity index (χ3v) is 3.12. The first-order chi connectivity index (χ1) is 9.51. The molecule has 4 heteroatoms. The number of carbonyl (C=O) groups excluding carboxylic acids is 1. The SMILES string of the molecule is CCc1ccc2cc(COC(=O)C(C)C)c(=O)oc2c1. The van der Waals surface area contributed by atoms with Crippen molar-refractivity contribution >= 4 is 16.9 Å². The average molecular weight is 274 g/mol. The Morgan fingerprint density at radius 2 is 2.05 bits per heavy atom. The van der Waals surface area contributed by atoms with E-state index in [1.807, 2.05) is 25.1 Å². The van der Waals surface area contributed by atoms with Gasteiger partial charge in [-0.15, -0.1) is 0 Å². The van der Waals surface area contributed by atoms with Gasteiger partial charge in [-0.1, -0.05) is 32.9 Å². The predicted molar refractivity (Wildman–Crippen MR) is 76.5 cm³/mol. The fraction of sp³-hybridized carbons (Fsp3) is 0.375. The molecule has 0 saturated heterocycles. The molecule has 0 spiro atoms. The van der Waals surface area contributed by atoms with Crippen molar-refractivity contribution in [3.63, 3.8) is 0 Å².